The Morgan fingerprint density at radius 2 is 2.04 bits per heavy atom. The van der Waals surface area contributed by atoms with Crippen molar-refractivity contribution in [3.63, 3.8) is 0 Å². The van der Waals surface area contributed by atoms with Crippen molar-refractivity contribution < 1.29 is 9.53 Å². The highest BCUT2D eigenvalue weighted by Crippen LogP contribution is 2.22. The molecule has 1 aromatic heterocycles. The van der Waals surface area contributed by atoms with Gasteiger partial charge in [-0.25, -0.2) is 0 Å². The van der Waals surface area contributed by atoms with E-state index >= 15 is 0 Å². The second-order valence-electron chi connectivity index (χ2n) is 5.34. The molecule has 3 aromatic rings. The lowest BCUT2D eigenvalue weighted by Gasteiger charge is -2.05. The van der Waals surface area contributed by atoms with Crippen LogP contribution in [-0.4, -0.2) is 22.8 Å². The highest BCUT2D eigenvalue weighted by atomic mass is 79.9. The number of anilines is 1. The number of hydrogen-bond acceptors (Lipinski definition) is 3. The van der Waals surface area contributed by atoms with Crippen molar-refractivity contribution in [1.82, 2.24) is 9.78 Å². The van der Waals surface area contributed by atoms with E-state index in [1.807, 2.05) is 30.5 Å². The molecule has 3 rings (SSSR count). The van der Waals surface area contributed by atoms with Gasteiger partial charge in [0.15, 0.2) is 5.82 Å². The van der Waals surface area contributed by atoms with Crippen molar-refractivity contribution in [2.75, 3.05) is 12.4 Å². The average Bonchev–Trinajstić information content (AvgIpc) is 2.96. The number of carbonyl (C=O) groups is 1. The van der Waals surface area contributed by atoms with Gasteiger partial charge in [-0.2, -0.15) is 5.10 Å². The van der Waals surface area contributed by atoms with E-state index in [9.17, 15) is 4.79 Å². The van der Waals surface area contributed by atoms with E-state index in [4.69, 9.17) is 16.3 Å². The van der Waals surface area contributed by atoms with Crippen molar-refractivity contribution in [1.29, 1.82) is 0 Å². The number of halogens is 2. The first-order chi connectivity index (χ1) is 12.0. The van der Waals surface area contributed by atoms with Crippen LogP contribution in [0, 0.1) is 0 Å². The van der Waals surface area contributed by atoms with E-state index < -0.39 is 0 Å². The molecule has 0 atom stereocenters. The van der Waals surface area contributed by atoms with Crippen LogP contribution >= 0.6 is 27.5 Å². The molecule has 0 aliphatic carbocycles. The van der Waals surface area contributed by atoms with Crippen LogP contribution < -0.4 is 10.1 Å². The van der Waals surface area contributed by atoms with Gasteiger partial charge in [0, 0.05) is 16.8 Å². The van der Waals surface area contributed by atoms with Crippen LogP contribution in [-0.2, 0) is 6.54 Å². The molecule has 0 aliphatic rings. The minimum Gasteiger partial charge on any atom is -0.497 e. The Labute approximate surface area is 158 Å². The number of ether oxygens (including phenoxy) is 1. The van der Waals surface area contributed by atoms with Crippen molar-refractivity contribution in [2.24, 2.45) is 0 Å². The molecule has 0 spiro atoms. The highest BCUT2D eigenvalue weighted by Gasteiger charge is 2.13. The summed E-state index contributed by atoms with van der Waals surface area (Å²) in [7, 11) is 1.56. The summed E-state index contributed by atoms with van der Waals surface area (Å²) in [6, 6.07) is 14.5. The zero-order valence-electron chi connectivity index (χ0n) is 13.4. The topological polar surface area (TPSA) is 56.1 Å². The van der Waals surface area contributed by atoms with E-state index in [2.05, 4.69) is 26.3 Å². The molecule has 0 saturated heterocycles. The lowest BCUT2D eigenvalue weighted by Crippen LogP contribution is -2.13. The van der Waals surface area contributed by atoms with Gasteiger partial charge >= 0.3 is 0 Å². The maximum atomic E-state index is 12.4. The molecule has 0 saturated carbocycles. The summed E-state index contributed by atoms with van der Waals surface area (Å²) in [4.78, 5) is 12.4. The summed E-state index contributed by atoms with van der Waals surface area (Å²) in [6.45, 7) is 0.574. The molecule has 0 aliphatic heterocycles. The van der Waals surface area contributed by atoms with Crippen LogP contribution in [0.1, 0.15) is 15.9 Å². The fourth-order valence-electron chi connectivity index (χ4n) is 2.28. The van der Waals surface area contributed by atoms with Gasteiger partial charge in [-0.05, 0) is 51.8 Å². The molecule has 25 heavy (non-hydrogen) atoms. The lowest BCUT2D eigenvalue weighted by molar-refractivity contribution is 0.102. The number of benzene rings is 2. The van der Waals surface area contributed by atoms with Gasteiger partial charge in [0.1, 0.15) is 5.75 Å². The third-order valence-corrected chi connectivity index (χ3v) is 4.37. The Morgan fingerprint density at radius 1 is 1.28 bits per heavy atom. The van der Waals surface area contributed by atoms with Crippen molar-refractivity contribution >= 4 is 39.3 Å². The Balaban J connectivity index is 1.73. The number of methoxy groups -OCH3 is 1. The van der Waals surface area contributed by atoms with Crippen molar-refractivity contribution in [3.8, 4) is 5.75 Å². The highest BCUT2D eigenvalue weighted by molar-refractivity contribution is 9.10. The molecule has 2 aromatic carbocycles. The van der Waals surface area contributed by atoms with E-state index in [1.54, 1.807) is 36.1 Å². The third-order valence-electron chi connectivity index (χ3n) is 3.54. The van der Waals surface area contributed by atoms with Crippen LogP contribution in [0.3, 0.4) is 0 Å². The summed E-state index contributed by atoms with van der Waals surface area (Å²) >= 11 is 9.32. The van der Waals surface area contributed by atoms with Crippen LogP contribution in [0.4, 0.5) is 5.82 Å². The molecule has 128 valence electrons. The van der Waals surface area contributed by atoms with Crippen molar-refractivity contribution in [2.45, 2.75) is 6.54 Å². The average molecular weight is 421 g/mol. The fraction of sp³-hybridized carbons (Fsp3) is 0.111. The zero-order valence-corrected chi connectivity index (χ0v) is 15.7. The second kappa shape index (κ2) is 7.72. The number of rotatable bonds is 5. The number of nitrogens with zero attached hydrogens (tertiary/aromatic N) is 2. The standard InChI is InChI=1S/C18H15BrClN3O2/c1-25-15-4-2-3-13(9-15)18(24)21-17-16(19)11-23(22-17)10-12-5-7-14(20)8-6-12/h2-9,11H,10H2,1H3,(H,21,22,24). The van der Waals surface area contributed by atoms with Gasteiger partial charge in [0.25, 0.3) is 5.91 Å². The van der Waals surface area contributed by atoms with Crippen molar-refractivity contribution in [3.05, 3.63) is 75.4 Å². The van der Waals surface area contributed by atoms with Crippen LogP contribution in [0.2, 0.25) is 5.02 Å². The lowest BCUT2D eigenvalue weighted by atomic mass is 10.2. The number of hydrogen-bond donors (Lipinski definition) is 1. The minimum atomic E-state index is -0.253. The first-order valence-corrected chi connectivity index (χ1v) is 8.65. The smallest absolute Gasteiger partial charge is 0.257 e. The molecule has 0 bridgehead atoms. The molecular formula is C18H15BrClN3O2. The molecule has 0 fully saturated rings. The maximum Gasteiger partial charge on any atom is 0.257 e. The van der Waals surface area contributed by atoms with Gasteiger partial charge in [-0.3, -0.25) is 9.48 Å². The van der Waals surface area contributed by atoms with E-state index in [0.717, 1.165) is 5.56 Å². The molecule has 5 nitrogen and oxygen atoms in total. The zero-order chi connectivity index (χ0) is 17.8. The predicted molar refractivity (Wildman–Crippen MR) is 101 cm³/mol. The summed E-state index contributed by atoms with van der Waals surface area (Å²) in [6.07, 6.45) is 1.82. The SMILES string of the molecule is COc1cccc(C(=O)Nc2nn(Cc3ccc(Cl)cc3)cc2Br)c1. The first-order valence-electron chi connectivity index (χ1n) is 7.48. The van der Waals surface area contributed by atoms with Gasteiger partial charge in [0.05, 0.1) is 18.1 Å². The molecule has 0 radical (unpaired) electrons. The third kappa shape index (κ3) is 4.41. The predicted octanol–water partition coefficient (Wildman–Crippen LogP) is 4.61. The van der Waals surface area contributed by atoms with Crippen LogP contribution in [0.25, 0.3) is 0 Å². The van der Waals surface area contributed by atoms with E-state index in [-0.39, 0.29) is 5.91 Å². The van der Waals surface area contributed by atoms with E-state index in [1.165, 1.54) is 0 Å². The summed E-state index contributed by atoms with van der Waals surface area (Å²) in [5.41, 5.74) is 1.56. The molecule has 1 N–H and O–H groups in total. The Hall–Kier alpha value is -2.31. The van der Waals surface area contributed by atoms with Gasteiger partial charge < -0.3 is 10.1 Å². The summed E-state index contributed by atoms with van der Waals surface area (Å²) in [5, 5.41) is 7.90. The van der Waals surface area contributed by atoms with Gasteiger partial charge in [-0.15, -0.1) is 0 Å². The number of aromatic nitrogens is 2. The van der Waals surface area contributed by atoms with Crippen LogP contribution in [0.15, 0.2) is 59.2 Å². The maximum absolute atomic E-state index is 12.4. The quantitative estimate of drug-likeness (QED) is 0.656. The van der Waals surface area contributed by atoms with Gasteiger partial charge in [0.2, 0.25) is 0 Å². The first kappa shape index (κ1) is 17.5. The Bertz CT molecular complexity index is 894. The molecule has 1 amide bonds. The Morgan fingerprint density at radius 3 is 2.76 bits per heavy atom. The normalized spacial score (nSPS) is 10.5. The van der Waals surface area contributed by atoms with Crippen LogP contribution in [0.5, 0.6) is 5.75 Å². The fourth-order valence-corrected chi connectivity index (χ4v) is 2.82. The molecule has 0 unspecified atom stereocenters. The minimum absolute atomic E-state index is 0.253. The van der Waals surface area contributed by atoms with E-state index in [0.29, 0.717) is 33.2 Å². The molecule has 7 heteroatoms. The monoisotopic (exact) mass is 419 g/mol. The number of nitrogens with one attached hydrogen (secondary N) is 1. The largest absolute Gasteiger partial charge is 0.497 e. The summed E-state index contributed by atoms with van der Waals surface area (Å²) in [5.74, 6) is 0.832. The van der Waals surface area contributed by atoms with Gasteiger partial charge in [-0.1, -0.05) is 29.8 Å². The number of amides is 1. The Kier molecular flexibility index (Phi) is 5.40. The molecular weight excluding hydrogens is 406 g/mol. The molecule has 1 heterocycles. The second-order valence-corrected chi connectivity index (χ2v) is 6.63. The summed E-state index contributed by atoms with van der Waals surface area (Å²) < 4.78 is 7.59. The number of carbonyl (C=O) groups excluding carboxylic acids is 1.